The topological polar surface area (TPSA) is 77.2 Å². The van der Waals surface area contributed by atoms with Crippen molar-refractivity contribution in [3.8, 4) is 0 Å². The van der Waals surface area contributed by atoms with Crippen LogP contribution in [-0.2, 0) is 11.3 Å². The average molecular weight is 323 g/mol. The summed E-state index contributed by atoms with van der Waals surface area (Å²) >= 11 is 0. The Labute approximate surface area is 138 Å². The maximum atomic E-state index is 12.1. The molecule has 1 heterocycles. The largest absolute Gasteiger partial charge is 0.341 e. The lowest BCUT2D eigenvalue weighted by Crippen LogP contribution is -2.18. The molecule has 0 saturated heterocycles. The molecule has 4 rings (SSSR count). The summed E-state index contributed by atoms with van der Waals surface area (Å²) in [6.45, 7) is 2.97. The molecule has 1 fully saturated rings. The molecular weight excluding hydrogens is 306 g/mol. The van der Waals surface area contributed by atoms with Crippen LogP contribution in [0.2, 0.25) is 0 Å². The highest BCUT2D eigenvalue weighted by atomic mass is 16.6. The lowest BCUT2D eigenvalue weighted by molar-refractivity contribution is -0.497. The number of nitrogens with zero attached hydrogens (tertiary/aromatic N) is 2. The fourth-order valence-corrected chi connectivity index (χ4v) is 3.40. The van der Waals surface area contributed by atoms with Crippen LogP contribution >= 0.6 is 0 Å². The van der Waals surface area contributed by atoms with Gasteiger partial charge in [-0.25, -0.2) is 0 Å². The van der Waals surface area contributed by atoms with Gasteiger partial charge in [-0.2, -0.15) is 0 Å². The lowest BCUT2D eigenvalue weighted by Gasteiger charge is -2.06. The van der Waals surface area contributed by atoms with Gasteiger partial charge in [-0.05, 0) is 31.2 Å². The molecule has 1 N–H and O–H groups in total. The monoisotopic (exact) mass is 323 g/mol. The highest BCUT2D eigenvalue weighted by Crippen LogP contribution is 2.35. The Balaban J connectivity index is 1.70. The van der Waals surface area contributed by atoms with Crippen LogP contribution in [0.5, 0.6) is 0 Å². The minimum absolute atomic E-state index is 0.268. The molecule has 3 aromatic rings. The lowest BCUT2D eigenvalue weighted by atomic mass is 10.1. The minimum atomic E-state index is -0.726. The van der Waals surface area contributed by atoms with E-state index in [0.29, 0.717) is 12.1 Å². The van der Waals surface area contributed by atoms with Crippen LogP contribution in [0.15, 0.2) is 42.5 Å². The zero-order valence-corrected chi connectivity index (χ0v) is 13.2. The van der Waals surface area contributed by atoms with Crippen molar-refractivity contribution >= 4 is 33.4 Å². The van der Waals surface area contributed by atoms with Gasteiger partial charge in [-0.15, -0.1) is 0 Å². The number of rotatable bonds is 4. The third-order valence-corrected chi connectivity index (χ3v) is 4.72. The number of aryl methyl sites for hydroxylation is 1. The summed E-state index contributed by atoms with van der Waals surface area (Å²) in [4.78, 5) is 22.5. The first-order valence-electron chi connectivity index (χ1n) is 8.05. The molecule has 1 amide bonds. The first kappa shape index (κ1) is 14.7. The Bertz CT molecular complexity index is 976. The Kier molecular flexibility index (Phi) is 3.26. The maximum Gasteiger partial charge on any atom is 0.234 e. The average Bonchev–Trinajstić information content (AvgIpc) is 3.33. The smallest absolute Gasteiger partial charge is 0.234 e. The number of para-hydroxylation sites is 1. The van der Waals surface area contributed by atoms with Crippen LogP contribution in [0.4, 0.5) is 5.69 Å². The summed E-state index contributed by atoms with van der Waals surface area (Å²) in [5.74, 6) is -0.775. The van der Waals surface area contributed by atoms with Gasteiger partial charge in [-0.1, -0.05) is 18.2 Å². The number of hydrogen-bond donors (Lipinski definition) is 1. The Morgan fingerprint density at radius 1 is 1.25 bits per heavy atom. The summed E-state index contributed by atoms with van der Waals surface area (Å²) in [6.07, 6.45) is 0.330. The van der Waals surface area contributed by atoms with Crippen LogP contribution in [-0.4, -0.2) is 21.4 Å². The molecule has 122 valence electrons. The summed E-state index contributed by atoms with van der Waals surface area (Å²) in [5.41, 5.74) is 2.96. The second-order valence-corrected chi connectivity index (χ2v) is 6.18. The third-order valence-electron chi connectivity index (χ3n) is 4.72. The number of nitro groups is 1. The number of carbonyl (C=O) groups is 1. The Morgan fingerprint density at radius 3 is 2.71 bits per heavy atom. The molecule has 6 nitrogen and oxygen atoms in total. The highest BCUT2D eigenvalue weighted by Gasteiger charge is 2.53. The van der Waals surface area contributed by atoms with Gasteiger partial charge in [0.2, 0.25) is 11.9 Å². The summed E-state index contributed by atoms with van der Waals surface area (Å²) in [5, 5.41) is 15.7. The number of benzene rings is 2. The van der Waals surface area contributed by atoms with Gasteiger partial charge >= 0.3 is 0 Å². The molecule has 1 aliphatic rings. The zero-order chi connectivity index (χ0) is 16.8. The van der Waals surface area contributed by atoms with E-state index in [2.05, 4.69) is 28.9 Å². The van der Waals surface area contributed by atoms with Crippen LogP contribution < -0.4 is 5.32 Å². The van der Waals surface area contributed by atoms with Crippen LogP contribution in [0.3, 0.4) is 0 Å². The molecule has 0 bridgehead atoms. The van der Waals surface area contributed by atoms with Gasteiger partial charge in [0.1, 0.15) is 5.92 Å². The standard InChI is InChI=1S/C18H17N3O3/c1-2-20-15-6-4-3-5-12(15)13-9-11(7-8-16(13)20)19-18(22)14-10-17(14)21(23)24/h3-9,14,17H,2,10H2,1H3,(H,19,22). The molecule has 1 aromatic heterocycles. The SMILES string of the molecule is CCn1c2ccccc2c2cc(NC(=O)C3CC3[N+](=O)[O-])ccc21. The van der Waals surface area contributed by atoms with E-state index in [1.807, 2.05) is 30.3 Å². The highest BCUT2D eigenvalue weighted by molar-refractivity contribution is 6.10. The summed E-state index contributed by atoms with van der Waals surface area (Å²) < 4.78 is 2.24. The van der Waals surface area contributed by atoms with Crippen molar-refractivity contribution in [2.45, 2.75) is 25.9 Å². The van der Waals surface area contributed by atoms with Crippen LogP contribution in [0.1, 0.15) is 13.3 Å². The number of carbonyl (C=O) groups excluding carboxylic acids is 1. The predicted octanol–water partition coefficient (Wildman–Crippen LogP) is 3.42. The molecule has 2 atom stereocenters. The number of aromatic nitrogens is 1. The molecule has 0 radical (unpaired) electrons. The van der Waals surface area contributed by atoms with Gasteiger partial charge in [0.05, 0.1) is 0 Å². The summed E-state index contributed by atoms with van der Waals surface area (Å²) in [7, 11) is 0. The van der Waals surface area contributed by atoms with E-state index in [9.17, 15) is 14.9 Å². The molecule has 2 aromatic carbocycles. The number of nitrogens with one attached hydrogen (secondary N) is 1. The second kappa shape index (κ2) is 5.33. The molecule has 0 aliphatic heterocycles. The van der Waals surface area contributed by atoms with Crippen LogP contribution in [0, 0.1) is 16.0 Å². The van der Waals surface area contributed by atoms with E-state index in [1.54, 1.807) is 0 Å². The zero-order valence-electron chi connectivity index (χ0n) is 13.2. The third kappa shape index (κ3) is 2.22. The fraction of sp³-hybridized carbons (Fsp3) is 0.278. The van der Waals surface area contributed by atoms with Crippen molar-refractivity contribution in [2.75, 3.05) is 5.32 Å². The van der Waals surface area contributed by atoms with E-state index >= 15 is 0 Å². The maximum absolute atomic E-state index is 12.1. The number of amides is 1. The van der Waals surface area contributed by atoms with Gasteiger partial charge in [0, 0.05) is 45.4 Å². The van der Waals surface area contributed by atoms with Crippen molar-refractivity contribution < 1.29 is 9.72 Å². The second-order valence-electron chi connectivity index (χ2n) is 6.18. The minimum Gasteiger partial charge on any atom is -0.341 e. The molecular formula is C18H17N3O3. The van der Waals surface area contributed by atoms with E-state index in [4.69, 9.17) is 0 Å². The van der Waals surface area contributed by atoms with E-state index in [-0.39, 0.29) is 10.8 Å². The number of anilines is 1. The fourth-order valence-electron chi connectivity index (χ4n) is 3.40. The van der Waals surface area contributed by atoms with Crippen molar-refractivity contribution in [3.63, 3.8) is 0 Å². The molecule has 0 spiro atoms. The molecule has 24 heavy (non-hydrogen) atoms. The summed E-state index contributed by atoms with van der Waals surface area (Å²) in [6, 6.07) is 13.2. The van der Waals surface area contributed by atoms with E-state index < -0.39 is 12.0 Å². The van der Waals surface area contributed by atoms with Gasteiger partial charge in [0.25, 0.3) is 0 Å². The molecule has 1 aliphatic carbocycles. The molecule has 2 unspecified atom stereocenters. The normalized spacial score (nSPS) is 19.5. The predicted molar refractivity (Wildman–Crippen MR) is 92.6 cm³/mol. The quantitative estimate of drug-likeness (QED) is 0.590. The van der Waals surface area contributed by atoms with Gasteiger partial charge < -0.3 is 9.88 Å². The van der Waals surface area contributed by atoms with Crippen molar-refractivity contribution in [1.82, 2.24) is 4.57 Å². The molecule has 1 saturated carbocycles. The van der Waals surface area contributed by atoms with Gasteiger partial charge in [0.15, 0.2) is 0 Å². The van der Waals surface area contributed by atoms with E-state index in [1.165, 1.54) is 0 Å². The molecule has 6 heteroatoms. The van der Waals surface area contributed by atoms with E-state index in [0.717, 1.165) is 28.4 Å². The first-order valence-corrected chi connectivity index (χ1v) is 8.05. The Morgan fingerprint density at radius 2 is 2.00 bits per heavy atom. The number of hydrogen-bond acceptors (Lipinski definition) is 3. The van der Waals surface area contributed by atoms with Gasteiger partial charge in [-0.3, -0.25) is 14.9 Å². The number of fused-ring (bicyclic) bond motifs is 3. The van der Waals surface area contributed by atoms with Crippen molar-refractivity contribution in [3.05, 3.63) is 52.6 Å². The Hall–Kier alpha value is -2.89. The first-order chi connectivity index (χ1) is 11.6. The van der Waals surface area contributed by atoms with Crippen molar-refractivity contribution in [2.24, 2.45) is 5.92 Å². The van der Waals surface area contributed by atoms with Crippen molar-refractivity contribution in [1.29, 1.82) is 0 Å². The van der Waals surface area contributed by atoms with Crippen LogP contribution in [0.25, 0.3) is 21.8 Å².